The zero-order chi connectivity index (χ0) is 22.7. The standard InChI is InChI=1S/C24H25N3O3S2/c1-15(2)30-23(29)21-16(3)26-24-27(22(21)18-9-10-31-13-18)19(14-32-24)11-20(28)25-12-17-7-5-4-6-8-17/h4-10,13-15,22H,11-12H2,1-3H3,(H,25,28). The summed E-state index contributed by atoms with van der Waals surface area (Å²) in [5, 5.41) is 9.71. The Kier molecular flexibility index (Phi) is 6.81. The Labute approximate surface area is 196 Å². The maximum absolute atomic E-state index is 13.0. The van der Waals surface area contributed by atoms with Crippen LogP contribution in [0, 0.1) is 0 Å². The van der Waals surface area contributed by atoms with Crippen molar-refractivity contribution in [3.63, 3.8) is 0 Å². The number of carbonyl (C=O) groups is 2. The van der Waals surface area contributed by atoms with Gasteiger partial charge in [-0.2, -0.15) is 11.3 Å². The number of ether oxygens (including phenoxy) is 1. The minimum Gasteiger partial charge on any atom is -0.459 e. The number of thiophene rings is 1. The van der Waals surface area contributed by atoms with Gasteiger partial charge in [-0.15, -0.1) is 0 Å². The first-order valence-corrected chi connectivity index (χ1v) is 12.2. The topological polar surface area (TPSA) is 71.0 Å². The predicted molar refractivity (Wildman–Crippen MR) is 129 cm³/mol. The molecule has 1 unspecified atom stereocenters. The van der Waals surface area contributed by atoms with E-state index in [2.05, 4.69) is 10.3 Å². The van der Waals surface area contributed by atoms with Gasteiger partial charge in [0.25, 0.3) is 0 Å². The van der Waals surface area contributed by atoms with E-state index in [9.17, 15) is 9.59 Å². The molecule has 8 heteroatoms. The van der Waals surface area contributed by atoms with Crippen LogP contribution in [-0.4, -0.2) is 28.0 Å². The number of nitrogens with one attached hydrogen (secondary N) is 1. The van der Waals surface area contributed by atoms with E-state index in [1.54, 1.807) is 11.3 Å². The highest BCUT2D eigenvalue weighted by atomic mass is 32.2. The Morgan fingerprint density at radius 1 is 1.22 bits per heavy atom. The number of amides is 1. The van der Waals surface area contributed by atoms with Crippen LogP contribution in [0.15, 0.2) is 74.5 Å². The largest absolute Gasteiger partial charge is 0.459 e. The molecule has 0 radical (unpaired) electrons. The van der Waals surface area contributed by atoms with Gasteiger partial charge in [-0.1, -0.05) is 42.1 Å². The Morgan fingerprint density at radius 2 is 2.00 bits per heavy atom. The highest BCUT2D eigenvalue weighted by molar-refractivity contribution is 8.16. The lowest BCUT2D eigenvalue weighted by atomic mass is 9.96. The highest BCUT2D eigenvalue weighted by Gasteiger charge is 2.41. The van der Waals surface area contributed by atoms with Crippen molar-refractivity contribution >= 4 is 40.1 Å². The molecule has 4 rings (SSSR count). The number of benzene rings is 1. The van der Waals surface area contributed by atoms with E-state index < -0.39 is 0 Å². The second-order valence-corrected chi connectivity index (χ2v) is 9.46. The molecular weight excluding hydrogens is 442 g/mol. The molecule has 1 atom stereocenters. The van der Waals surface area contributed by atoms with Crippen molar-refractivity contribution in [2.45, 2.75) is 45.9 Å². The third-order valence-electron chi connectivity index (χ3n) is 5.10. The van der Waals surface area contributed by atoms with Gasteiger partial charge in [-0.3, -0.25) is 4.79 Å². The monoisotopic (exact) mass is 467 g/mol. The summed E-state index contributed by atoms with van der Waals surface area (Å²) in [6, 6.07) is 11.4. The first-order valence-electron chi connectivity index (χ1n) is 10.4. The van der Waals surface area contributed by atoms with E-state index >= 15 is 0 Å². The van der Waals surface area contributed by atoms with Crippen LogP contribution in [0.2, 0.25) is 0 Å². The van der Waals surface area contributed by atoms with Crippen LogP contribution in [0.1, 0.15) is 44.4 Å². The molecule has 166 valence electrons. The molecule has 3 heterocycles. The zero-order valence-corrected chi connectivity index (χ0v) is 19.8. The van der Waals surface area contributed by atoms with Gasteiger partial charge in [-0.25, -0.2) is 9.79 Å². The van der Waals surface area contributed by atoms with E-state index in [1.807, 2.05) is 78.2 Å². The first-order chi connectivity index (χ1) is 15.4. The Bertz CT molecular complexity index is 1090. The van der Waals surface area contributed by atoms with Crippen LogP contribution in [0.25, 0.3) is 0 Å². The molecule has 0 saturated heterocycles. The molecule has 1 aromatic carbocycles. The lowest BCUT2D eigenvalue weighted by Crippen LogP contribution is -2.38. The van der Waals surface area contributed by atoms with E-state index in [0.717, 1.165) is 22.0 Å². The van der Waals surface area contributed by atoms with Crippen molar-refractivity contribution < 1.29 is 14.3 Å². The number of rotatable bonds is 7. The second-order valence-electron chi connectivity index (χ2n) is 7.84. The average Bonchev–Trinajstić information content (AvgIpc) is 3.42. The van der Waals surface area contributed by atoms with Crippen LogP contribution in [0.3, 0.4) is 0 Å². The van der Waals surface area contributed by atoms with Crippen LogP contribution in [-0.2, 0) is 20.9 Å². The summed E-state index contributed by atoms with van der Waals surface area (Å²) < 4.78 is 5.55. The summed E-state index contributed by atoms with van der Waals surface area (Å²) in [4.78, 5) is 32.4. The molecule has 0 bridgehead atoms. The Morgan fingerprint density at radius 3 is 2.69 bits per heavy atom. The molecule has 1 N–H and O–H groups in total. The maximum atomic E-state index is 13.0. The molecule has 6 nitrogen and oxygen atoms in total. The molecular formula is C24H25N3O3S2. The molecule has 0 saturated carbocycles. The van der Waals surface area contributed by atoms with Crippen LogP contribution < -0.4 is 5.32 Å². The number of amidine groups is 1. The third kappa shape index (κ3) is 4.81. The highest BCUT2D eigenvalue weighted by Crippen LogP contribution is 2.45. The van der Waals surface area contributed by atoms with Gasteiger partial charge >= 0.3 is 5.97 Å². The van der Waals surface area contributed by atoms with Crippen LogP contribution in [0.4, 0.5) is 0 Å². The van der Waals surface area contributed by atoms with Crippen molar-refractivity contribution in [2.75, 3.05) is 0 Å². The molecule has 2 aliphatic heterocycles. The number of nitrogens with zero attached hydrogens (tertiary/aromatic N) is 2. The number of hydrogen-bond acceptors (Lipinski definition) is 7. The maximum Gasteiger partial charge on any atom is 0.338 e. The van der Waals surface area contributed by atoms with Gasteiger partial charge < -0.3 is 15.0 Å². The fourth-order valence-electron chi connectivity index (χ4n) is 3.68. The molecule has 2 aromatic rings. The summed E-state index contributed by atoms with van der Waals surface area (Å²) in [7, 11) is 0. The van der Waals surface area contributed by atoms with Crippen LogP contribution in [0.5, 0.6) is 0 Å². The molecule has 1 amide bonds. The second kappa shape index (κ2) is 9.75. The number of aliphatic imine (C=N–C) groups is 1. The summed E-state index contributed by atoms with van der Waals surface area (Å²) >= 11 is 3.04. The van der Waals surface area contributed by atoms with Crippen molar-refractivity contribution in [3.05, 3.63) is 80.7 Å². The van der Waals surface area contributed by atoms with E-state index in [1.165, 1.54) is 11.8 Å². The summed E-state index contributed by atoms with van der Waals surface area (Å²) in [5.74, 6) is -0.454. The SMILES string of the molecule is CC1=C(C(=O)OC(C)C)C(c2ccsc2)N2C(CC(=O)NCc3ccccc3)=CSC2=N1. The van der Waals surface area contributed by atoms with Crippen molar-refractivity contribution in [3.8, 4) is 0 Å². The quantitative estimate of drug-likeness (QED) is 0.582. The third-order valence-corrected chi connectivity index (χ3v) is 6.69. The van der Waals surface area contributed by atoms with Gasteiger partial charge in [0.1, 0.15) is 0 Å². The number of esters is 1. The lowest BCUT2D eigenvalue weighted by Gasteiger charge is -2.36. The van der Waals surface area contributed by atoms with Crippen LogP contribution >= 0.6 is 23.1 Å². The molecule has 2 aliphatic rings. The minimum absolute atomic E-state index is 0.0800. The summed E-state index contributed by atoms with van der Waals surface area (Å²) in [5.41, 5.74) is 4.01. The van der Waals surface area contributed by atoms with E-state index in [4.69, 9.17) is 4.74 Å². The Hall–Kier alpha value is -2.84. The molecule has 0 fully saturated rings. The van der Waals surface area contributed by atoms with Crippen molar-refractivity contribution in [1.82, 2.24) is 10.2 Å². The van der Waals surface area contributed by atoms with Crippen molar-refractivity contribution in [2.24, 2.45) is 4.99 Å². The summed E-state index contributed by atoms with van der Waals surface area (Å²) in [6.07, 6.45) is -0.0339. The molecule has 0 aliphatic carbocycles. The number of thioether (sulfide) groups is 1. The van der Waals surface area contributed by atoms with Crippen molar-refractivity contribution in [1.29, 1.82) is 0 Å². The number of carbonyl (C=O) groups excluding carboxylic acids is 2. The van der Waals surface area contributed by atoms with E-state index in [0.29, 0.717) is 17.8 Å². The Balaban J connectivity index is 1.57. The molecule has 1 aromatic heterocycles. The average molecular weight is 468 g/mol. The molecule has 32 heavy (non-hydrogen) atoms. The fourth-order valence-corrected chi connectivity index (χ4v) is 5.32. The number of fused-ring (bicyclic) bond motifs is 1. The van der Waals surface area contributed by atoms with Gasteiger partial charge in [0.05, 0.1) is 29.8 Å². The van der Waals surface area contributed by atoms with E-state index in [-0.39, 0.29) is 30.4 Å². The predicted octanol–water partition coefficient (Wildman–Crippen LogP) is 4.98. The smallest absolute Gasteiger partial charge is 0.338 e. The first kappa shape index (κ1) is 22.4. The minimum atomic E-state index is -0.374. The summed E-state index contributed by atoms with van der Waals surface area (Å²) in [6.45, 7) is 5.98. The van der Waals surface area contributed by atoms with Gasteiger partial charge in [-0.05, 0) is 54.1 Å². The number of hydrogen-bond donors (Lipinski definition) is 1. The molecule has 0 spiro atoms. The zero-order valence-electron chi connectivity index (χ0n) is 18.2. The van der Waals surface area contributed by atoms with Gasteiger partial charge in [0.15, 0.2) is 5.17 Å². The number of allylic oxidation sites excluding steroid dienone is 1. The normalized spacial score (nSPS) is 17.8. The van der Waals surface area contributed by atoms with Gasteiger partial charge in [0, 0.05) is 12.2 Å². The van der Waals surface area contributed by atoms with Gasteiger partial charge in [0.2, 0.25) is 5.91 Å². The lowest BCUT2D eigenvalue weighted by molar-refractivity contribution is -0.143. The fraction of sp³-hybridized carbons (Fsp3) is 0.292.